The number of unbranched alkanes of at least 4 members (excludes halogenated alkanes) is 14. The van der Waals surface area contributed by atoms with Gasteiger partial charge in [0.1, 0.15) is 4.75 Å². The molecular weight excluding hydrogens is 440 g/mol. The van der Waals surface area contributed by atoms with Crippen LogP contribution in [0.1, 0.15) is 130 Å². The van der Waals surface area contributed by atoms with Gasteiger partial charge in [-0.1, -0.05) is 123 Å². The van der Waals surface area contributed by atoms with Crippen LogP contribution in [-0.4, -0.2) is 30.6 Å². The molecule has 0 heterocycles. The third-order valence-corrected chi connectivity index (χ3v) is 10.2. The summed E-state index contributed by atoms with van der Waals surface area (Å²) in [5, 5.41) is 9.49. The van der Waals surface area contributed by atoms with Gasteiger partial charge >= 0.3 is 0 Å². The molecule has 0 fully saturated rings. The maximum atomic E-state index is 13.9. The van der Waals surface area contributed by atoms with E-state index in [1.807, 2.05) is 6.92 Å². The van der Waals surface area contributed by atoms with Crippen molar-refractivity contribution >= 4 is 10.0 Å². The summed E-state index contributed by atoms with van der Waals surface area (Å²) in [4.78, 5) is 0. The molecule has 196 valence electrons. The van der Waals surface area contributed by atoms with Gasteiger partial charge in [0.05, 0.1) is 6.07 Å². The lowest BCUT2D eigenvalue weighted by Crippen LogP contribution is -2.50. The lowest BCUT2D eigenvalue weighted by molar-refractivity contribution is 0.362. The second kappa shape index (κ2) is 17.3. The summed E-state index contributed by atoms with van der Waals surface area (Å²) in [6, 6.07) is 2.21. The first-order chi connectivity index (χ1) is 16.3. The number of hydrogen-bond donors (Lipinski definition) is 0. The molecule has 0 saturated carbocycles. The van der Waals surface area contributed by atoms with E-state index in [1.165, 1.54) is 77.0 Å². The van der Waals surface area contributed by atoms with Crippen molar-refractivity contribution in [3.8, 4) is 6.07 Å². The van der Waals surface area contributed by atoms with Crippen molar-refractivity contribution in [1.29, 1.82) is 5.26 Å². The van der Waals surface area contributed by atoms with E-state index >= 15 is 0 Å². The van der Waals surface area contributed by atoms with Crippen LogP contribution >= 0.6 is 0 Å². The van der Waals surface area contributed by atoms with E-state index in [-0.39, 0.29) is 5.92 Å². The third-order valence-electron chi connectivity index (χ3n) is 7.58. The minimum atomic E-state index is -3.57. The molecule has 0 bridgehead atoms. The molecule has 1 aliphatic carbocycles. The average molecular weight is 493 g/mol. The minimum absolute atomic E-state index is 0.341. The molecule has 0 aromatic carbocycles. The van der Waals surface area contributed by atoms with Crippen molar-refractivity contribution in [2.75, 3.05) is 13.1 Å². The van der Waals surface area contributed by atoms with E-state index < -0.39 is 14.8 Å². The van der Waals surface area contributed by atoms with Gasteiger partial charge in [-0.3, -0.25) is 0 Å². The van der Waals surface area contributed by atoms with Gasteiger partial charge < -0.3 is 0 Å². The van der Waals surface area contributed by atoms with Crippen molar-refractivity contribution in [3.05, 3.63) is 23.8 Å². The summed E-state index contributed by atoms with van der Waals surface area (Å²) in [5.41, 5.74) is 0.549. The molecule has 2 atom stereocenters. The smallest absolute Gasteiger partial charge is 0.211 e. The Labute approximate surface area is 211 Å². The van der Waals surface area contributed by atoms with Crippen molar-refractivity contribution in [2.24, 2.45) is 5.92 Å². The maximum absolute atomic E-state index is 13.9. The molecule has 0 aromatic rings. The number of rotatable bonds is 20. The number of hydrogen-bond acceptors (Lipinski definition) is 3. The van der Waals surface area contributed by atoms with Crippen LogP contribution in [0.3, 0.4) is 0 Å². The Kier molecular flexibility index (Phi) is 15.8. The zero-order chi connectivity index (χ0) is 25.3. The molecule has 5 heteroatoms. The maximum Gasteiger partial charge on any atom is 0.223 e. The molecular formula is C29H52N2O2S. The largest absolute Gasteiger partial charge is 0.223 e. The Morgan fingerprint density at radius 2 is 1.24 bits per heavy atom. The van der Waals surface area contributed by atoms with E-state index in [4.69, 9.17) is 0 Å². The highest BCUT2D eigenvalue weighted by molar-refractivity contribution is 7.90. The summed E-state index contributed by atoms with van der Waals surface area (Å²) in [6.07, 6.45) is 24.5. The summed E-state index contributed by atoms with van der Waals surface area (Å²) < 4.78 is 28.5. The van der Waals surface area contributed by atoms with Gasteiger partial charge in [-0.05, 0) is 25.8 Å². The van der Waals surface area contributed by atoms with Crippen molar-refractivity contribution in [1.82, 2.24) is 4.31 Å². The second-order valence-electron chi connectivity index (χ2n) is 10.4. The van der Waals surface area contributed by atoms with Gasteiger partial charge in [0.15, 0.2) is 0 Å². The summed E-state index contributed by atoms with van der Waals surface area (Å²) in [7, 11) is -3.57. The van der Waals surface area contributed by atoms with Gasteiger partial charge in [0.2, 0.25) is 10.0 Å². The number of allylic oxidation sites excluding steroid dienone is 3. The molecule has 1 rings (SSSR count). The quantitative estimate of drug-likeness (QED) is 0.160. The second-order valence-corrected chi connectivity index (χ2v) is 12.7. The van der Waals surface area contributed by atoms with Crippen LogP contribution < -0.4 is 0 Å². The SMILES string of the molecule is CCCCCCCCCCN(CCCCCCCCCC)S(=O)(=O)C1(C)C=CC=C(C#N)C1C. The normalized spacial score (nSPS) is 20.5. The fourth-order valence-corrected chi connectivity index (χ4v) is 6.98. The molecule has 2 unspecified atom stereocenters. The first-order valence-electron chi connectivity index (χ1n) is 14.1. The van der Waals surface area contributed by atoms with Crippen LogP contribution in [0.4, 0.5) is 0 Å². The molecule has 0 N–H and O–H groups in total. The predicted octanol–water partition coefficient (Wildman–Crippen LogP) is 8.31. The third kappa shape index (κ3) is 9.86. The highest BCUT2D eigenvalue weighted by atomic mass is 32.2. The van der Waals surface area contributed by atoms with Crippen molar-refractivity contribution < 1.29 is 8.42 Å². The zero-order valence-electron chi connectivity index (χ0n) is 22.7. The molecule has 34 heavy (non-hydrogen) atoms. The van der Waals surface area contributed by atoms with Gasteiger partial charge in [0, 0.05) is 24.6 Å². The molecule has 0 spiro atoms. The Bertz CT molecular complexity index is 731. The van der Waals surface area contributed by atoms with Crippen LogP contribution in [0, 0.1) is 17.2 Å². The van der Waals surface area contributed by atoms with Crippen molar-refractivity contribution in [3.63, 3.8) is 0 Å². The Hall–Kier alpha value is -1.12. The van der Waals surface area contributed by atoms with E-state index in [0.717, 1.165) is 25.7 Å². The van der Waals surface area contributed by atoms with E-state index in [9.17, 15) is 13.7 Å². The van der Waals surface area contributed by atoms with Crippen molar-refractivity contribution in [2.45, 2.75) is 135 Å². The molecule has 0 saturated heterocycles. The highest BCUT2D eigenvalue weighted by Crippen LogP contribution is 2.38. The molecule has 0 aromatic heterocycles. The van der Waals surface area contributed by atoms with Gasteiger partial charge in [-0.15, -0.1) is 0 Å². The predicted molar refractivity (Wildman–Crippen MR) is 146 cm³/mol. The van der Waals surface area contributed by atoms with Gasteiger partial charge in [-0.2, -0.15) is 5.26 Å². The fraction of sp³-hybridized carbons (Fsp3) is 0.828. The average Bonchev–Trinajstić information content (AvgIpc) is 2.82. The van der Waals surface area contributed by atoms with Gasteiger partial charge in [0.25, 0.3) is 0 Å². The Balaban J connectivity index is 2.69. The molecule has 0 amide bonds. The van der Waals surface area contributed by atoms with Crippen LogP contribution in [0.2, 0.25) is 0 Å². The van der Waals surface area contributed by atoms with Gasteiger partial charge in [-0.25, -0.2) is 12.7 Å². The fourth-order valence-electron chi connectivity index (χ4n) is 4.86. The first-order valence-corrected chi connectivity index (χ1v) is 15.6. The minimum Gasteiger partial charge on any atom is -0.211 e. The Morgan fingerprint density at radius 3 is 1.65 bits per heavy atom. The van der Waals surface area contributed by atoms with E-state index in [0.29, 0.717) is 18.7 Å². The number of nitrogens with zero attached hydrogens (tertiary/aromatic N) is 2. The summed E-state index contributed by atoms with van der Waals surface area (Å²) in [6.45, 7) is 9.33. The molecule has 0 aliphatic heterocycles. The highest BCUT2D eigenvalue weighted by Gasteiger charge is 2.47. The lowest BCUT2D eigenvalue weighted by Gasteiger charge is -2.38. The first kappa shape index (κ1) is 30.9. The van der Waals surface area contributed by atoms with Crippen LogP contribution in [-0.2, 0) is 10.0 Å². The van der Waals surface area contributed by atoms with Crippen LogP contribution in [0.25, 0.3) is 0 Å². The monoisotopic (exact) mass is 492 g/mol. The Morgan fingerprint density at radius 1 is 0.824 bits per heavy atom. The zero-order valence-corrected chi connectivity index (χ0v) is 23.5. The topological polar surface area (TPSA) is 61.2 Å². The number of nitriles is 1. The molecule has 4 nitrogen and oxygen atoms in total. The molecule has 1 aliphatic rings. The standard InChI is InChI=1S/C29H52N2O2S/c1-5-7-9-11-13-15-17-19-24-31(25-20-18-16-14-12-10-8-6-2)34(32,33)29(4)23-21-22-28(26-30)27(29)3/h21-23,27H,5-20,24-25H2,1-4H3. The van der Waals surface area contributed by atoms with E-state index in [1.54, 1.807) is 29.5 Å². The molecule has 0 radical (unpaired) electrons. The number of sulfonamides is 1. The summed E-state index contributed by atoms with van der Waals surface area (Å²) in [5.74, 6) is -0.341. The van der Waals surface area contributed by atoms with E-state index in [2.05, 4.69) is 19.9 Å². The van der Waals surface area contributed by atoms with Crippen LogP contribution in [0.5, 0.6) is 0 Å². The summed E-state index contributed by atoms with van der Waals surface area (Å²) >= 11 is 0. The lowest BCUT2D eigenvalue weighted by atomic mass is 9.84. The van der Waals surface area contributed by atoms with Crippen LogP contribution in [0.15, 0.2) is 23.8 Å².